The van der Waals surface area contributed by atoms with Crippen LogP contribution >= 0.6 is 0 Å². The predicted octanol–water partition coefficient (Wildman–Crippen LogP) is 3.19. The maximum atomic E-state index is 12.4. The molecule has 1 amide bonds. The van der Waals surface area contributed by atoms with Gasteiger partial charge in [0, 0.05) is 32.7 Å². The number of amides is 1. The Morgan fingerprint density at radius 2 is 2.12 bits per heavy atom. The van der Waals surface area contributed by atoms with E-state index < -0.39 is 6.04 Å². The number of nitrogens with one attached hydrogen (secondary N) is 2. The van der Waals surface area contributed by atoms with Crippen molar-refractivity contribution in [3.63, 3.8) is 0 Å². The predicted molar refractivity (Wildman–Crippen MR) is 102 cm³/mol. The van der Waals surface area contributed by atoms with Crippen molar-refractivity contribution in [2.45, 2.75) is 19.5 Å². The molecule has 134 valence electrons. The Labute approximate surface area is 153 Å². The average Bonchev–Trinajstić information content (AvgIpc) is 3.35. The second-order valence-corrected chi connectivity index (χ2v) is 6.05. The Balaban J connectivity index is 0.00000140. The molecular formula is C19H22N6O. The molecule has 4 rings (SSSR count). The lowest BCUT2D eigenvalue weighted by atomic mass is 10.2. The molecule has 0 aliphatic rings. The number of aromatic nitrogens is 5. The molecule has 7 heteroatoms. The van der Waals surface area contributed by atoms with Crippen molar-refractivity contribution >= 4 is 16.9 Å². The van der Waals surface area contributed by atoms with Crippen molar-refractivity contribution in [3.05, 3.63) is 66.9 Å². The van der Waals surface area contributed by atoms with E-state index in [0.717, 1.165) is 27.9 Å². The number of rotatable bonds is 5. The van der Waals surface area contributed by atoms with Gasteiger partial charge in [0.15, 0.2) is 0 Å². The molecule has 0 aliphatic carbocycles. The van der Waals surface area contributed by atoms with Crippen molar-refractivity contribution in [1.82, 2.24) is 30.0 Å². The summed E-state index contributed by atoms with van der Waals surface area (Å²) in [4.78, 5) is 24.0. The zero-order valence-corrected chi connectivity index (χ0v) is 14.3. The van der Waals surface area contributed by atoms with Crippen molar-refractivity contribution in [2.75, 3.05) is 0 Å². The van der Waals surface area contributed by atoms with Crippen LogP contribution in [0.25, 0.3) is 22.3 Å². The van der Waals surface area contributed by atoms with Gasteiger partial charge in [-0.05, 0) is 18.6 Å². The number of fused-ring (bicyclic) bond motifs is 1. The van der Waals surface area contributed by atoms with Gasteiger partial charge < -0.3 is 10.3 Å². The molecule has 0 aliphatic heterocycles. The largest absolute Gasteiger partial charge is 0.350 e. The third-order valence-corrected chi connectivity index (χ3v) is 4.31. The molecule has 1 unspecified atom stereocenters. The molecule has 0 bridgehead atoms. The molecule has 26 heavy (non-hydrogen) atoms. The highest BCUT2D eigenvalue weighted by atomic mass is 16.2. The number of hydrogen-bond donors (Lipinski definition) is 2. The molecule has 2 N–H and O–H groups in total. The van der Waals surface area contributed by atoms with Crippen LogP contribution in [0.5, 0.6) is 0 Å². The molecule has 4 aromatic rings. The number of hydrogen-bond acceptors (Lipinski definition) is 4. The van der Waals surface area contributed by atoms with Gasteiger partial charge in [0.05, 0.1) is 11.9 Å². The molecule has 7 nitrogen and oxygen atoms in total. The lowest BCUT2D eigenvalue weighted by molar-refractivity contribution is -0.124. The van der Waals surface area contributed by atoms with Crippen LogP contribution in [0, 0.1) is 0 Å². The molecule has 0 saturated heterocycles. The Morgan fingerprint density at radius 1 is 1.27 bits per heavy atom. The van der Waals surface area contributed by atoms with Crippen LogP contribution in [-0.2, 0) is 11.3 Å². The Kier molecular flexibility index (Phi) is 4.18. The lowest BCUT2D eigenvalue weighted by Crippen LogP contribution is -2.30. The van der Waals surface area contributed by atoms with Gasteiger partial charge in [-0.1, -0.05) is 30.3 Å². The van der Waals surface area contributed by atoms with Gasteiger partial charge in [0.25, 0.3) is 0 Å². The van der Waals surface area contributed by atoms with Gasteiger partial charge in [-0.2, -0.15) is 5.10 Å². The van der Waals surface area contributed by atoms with E-state index in [-0.39, 0.29) is 8.76 Å². The molecule has 0 spiro atoms. The van der Waals surface area contributed by atoms with E-state index in [0.29, 0.717) is 6.54 Å². The van der Waals surface area contributed by atoms with Gasteiger partial charge >= 0.3 is 0 Å². The summed E-state index contributed by atoms with van der Waals surface area (Å²) in [6, 6.07) is 11.3. The lowest BCUT2D eigenvalue weighted by Gasteiger charge is -2.12. The Hall–Kier alpha value is -3.48. The van der Waals surface area contributed by atoms with Crippen LogP contribution in [0.1, 0.15) is 21.4 Å². The first-order valence-corrected chi connectivity index (χ1v) is 8.36. The number of carbonyl (C=O) groups excluding carboxylic acids is 1. The fraction of sp³-hybridized carbons (Fsp3) is 0.158. The number of benzene rings is 1. The first-order chi connectivity index (χ1) is 12.7. The first kappa shape index (κ1) is 16.0. The number of aromatic amines is 1. The number of nitrogens with zero attached hydrogens (tertiary/aromatic N) is 4. The first-order valence-electron chi connectivity index (χ1n) is 8.36. The zero-order valence-electron chi connectivity index (χ0n) is 14.3. The van der Waals surface area contributed by atoms with Crippen LogP contribution in [0.4, 0.5) is 0 Å². The van der Waals surface area contributed by atoms with Gasteiger partial charge in [-0.15, -0.1) is 0 Å². The smallest absolute Gasteiger partial charge is 0.244 e. The minimum absolute atomic E-state index is 0. The van der Waals surface area contributed by atoms with Gasteiger partial charge in [-0.25, -0.2) is 9.97 Å². The highest BCUT2D eigenvalue weighted by Crippen LogP contribution is 2.24. The summed E-state index contributed by atoms with van der Waals surface area (Å²) < 4.78 is 1.65. The standard InChI is InChI=1S/C19H18N6O.2H2/c1-13(19(26)21-9-14-5-3-2-4-6-14)25-11-15(10-24-25)17-16-7-8-20-18(16)23-12-22-17;;/h2-8,10-13H,9H2,1H3,(H,21,26)(H,20,22,23);2*1H. The van der Waals surface area contributed by atoms with E-state index in [1.54, 1.807) is 10.9 Å². The summed E-state index contributed by atoms with van der Waals surface area (Å²) in [5.41, 5.74) is 3.47. The summed E-state index contributed by atoms with van der Waals surface area (Å²) in [6.45, 7) is 2.32. The maximum Gasteiger partial charge on any atom is 0.244 e. The normalized spacial score (nSPS) is 12.2. The maximum absolute atomic E-state index is 12.4. The van der Waals surface area contributed by atoms with E-state index in [9.17, 15) is 4.79 Å². The van der Waals surface area contributed by atoms with E-state index in [1.807, 2.05) is 55.7 Å². The fourth-order valence-electron chi connectivity index (χ4n) is 2.83. The molecule has 0 saturated carbocycles. The number of H-pyrrole nitrogens is 1. The van der Waals surface area contributed by atoms with Gasteiger partial charge in [-0.3, -0.25) is 9.48 Å². The number of carbonyl (C=O) groups is 1. The van der Waals surface area contributed by atoms with Gasteiger partial charge in [0.2, 0.25) is 5.91 Å². The molecular weight excluding hydrogens is 328 g/mol. The zero-order chi connectivity index (χ0) is 17.9. The molecule has 1 aromatic carbocycles. The van der Waals surface area contributed by atoms with E-state index in [1.165, 1.54) is 6.33 Å². The summed E-state index contributed by atoms with van der Waals surface area (Å²) in [5, 5.41) is 8.21. The summed E-state index contributed by atoms with van der Waals surface area (Å²) in [6.07, 6.45) is 6.89. The van der Waals surface area contributed by atoms with Crippen molar-refractivity contribution in [3.8, 4) is 11.3 Å². The highest BCUT2D eigenvalue weighted by Gasteiger charge is 2.17. The highest BCUT2D eigenvalue weighted by molar-refractivity contribution is 5.90. The Morgan fingerprint density at radius 3 is 2.96 bits per heavy atom. The average molecular weight is 350 g/mol. The monoisotopic (exact) mass is 350 g/mol. The topological polar surface area (TPSA) is 88.5 Å². The molecule has 0 fully saturated rings. The summed E-state index contributed by atoms with van der Waals surface area (Å²) in [7, 11) is 0. The molecule has 3 aromatic heterocycles. The fourth-order valence-corrected chi connectivity index (χ4v) is 2.83. The third kappa shape index (κ3) is 3.06. The van der Waals surface area contributed by atoms with Crippen LogP contribution < -0.4 is 5.32 Å². The van der Waals surface area contributed by atoms with Crippen molar-refractivity contribution < 1.29 is 7.65 Å². The van der Waals surface area contributed by atoms with Crippen LogP contribution in [0.15, 0.2) is 61.3 Å². The SMILES string of the molecule is CC(C(=O)NCc1ccccc1)n1cc(-c2ncnc3[nH]ccc23)cn1.[HH].[HH]. The minimum atomic E-state index is -0.420. The van der Waals surface area contributed by atoms with Crippen molar-refractivity contribution in [1.29, 1.82) is 0 Å². The molecule has 0 radical (unpaired) electrons. The second-order valence-electron chi connectivity index (χ2n) is 6.05. The minimum Gasteiger partial charge on any atom is -0.350 e. The molecule has 3 heterocycles. The van der Waals surface area contributed by atoms with Crippen LogP contribution in [0.2, 0.25) is 0 Å². The third-order valence-electron chi connectivity index (χ3n) is 4.31. The Bertz CT molecular complexity index is 1050. The quantitative estimate of drug-likeness (QED) is 0.578. The second kappa shape index (κ2) is 6.79. The van der Waals surface area contributed by atoms with E-state index in [4.69, 9.17) is 0 Å². The van der Waals surface area contributed by atoms with Crippen LogP contribution in [0.3, 0.4) is 0 Å². The van der Waals surface area contributed by atoms with E-state index >= 15 is 0 Å². The summed E-state index contributed by atoms with van der Waals surface area (Å²) >= 11 is 0. The van der Waals surface area contributed by atoms with Crippen LogP contribution in [-0.4, -0.2) is 30.6 Å². The molecule has 1 atom stereocenters. The summed E-state index contributed by atoms with van der Waals surface area (Å²) in [5.74, 6) is -0.0852. The van der Waals surface area contributed by atoms with E-state index in [2.05, 4.69) is 25.4 Å². The van der Waals surface area contributed by atoms with Crippen molar-refractivity contribution in [2.24, 2.45) is 0 Å². The van der Waals surface area contributed by atoms with Gasteiger partial charge in [0.1, 0.15) is 18.0 Å².